The molecule has 140 valence electrons. The van der Waals surface area contributed by atoms with E-state index in [1.807, 2.05) is 18.2 Å². The molecule has 2 heterocycles. The fourth-order valence-corrected chi connectivity index (χ4v) is 3.49. The van der Waals surface area contributed by atoms with Gasteiger partial charge in [-0.2, -0.15) is 4.98 Å². The van der Waals surface area contributed by atoms with Crippen molar-refractivity contribution >= 4 is 23.4 Å². The Hall–Kier alpha value is -2.05. The third-order valence-electron chi connectivity index (χ3n) is 4.64. The molecule has 1 aliphatic heterocycles. The number of benzene rings is 1. The number of hydrogen-bond donors (Lipinski definition) is 2. The molecule has 0 radical (unpaired) electrons. The molecular weight excluding hydrogens is 350 g/mol. The van der Waals surface area contributed by atoms with Crippen LogP contribution in [-0.4, -0.2) is 35.1 Å². The topological polar surface area (TPSA) is 76.3 Å². The largest absolute Gasteiger partial charge is 0.495 e. The monoisotopic (exact) mass is 375 g/mol. The molecule has 7 heteroatoms. The highest BCUT2D eigenvalue weighted by Gasteiger charge is 2.23. The van der Waals surface area contributed by atoms with Gasteiger partial charge in [-0.25, -0.2) is 4.98 Å². The molecule has 2 aromatic rings. The number of methoxy groups -OCH3 is 1. The molecule has 0 atom stereocenters. The number of nitrogen functional groups attached to an aromatic ring is 1. The molecule has 1 aromatic heterocycles. The van der Waals surface area contributed by atoms with Gasteiger partial charge in [-0.3, -0.25) is 4.90 Å². The molecule has 0 bridgehead atoms. The predicted molar refractivity (Wildman–Crippen MR) is 106 cm³/mol. The van der Waals surface area contributed by atoms with Crippen molar-refractivity contribution in [2.24, 2.45) is 0 Å². The molecule has 0 aliphatic carbocycles. The number of halogens is 1. The molecule has 0 saturated carbocycles. The average molecular weight is 376 g/mol. The van der Waals surface area contributed by atoms with Crippen molar-refractivity contribution in [1.29, 1.82) is 0 Å². The van der Waals surface area contributed by atoms with Crippen LogP contribution in [0.1, 0.15) is 36.6 Å². The minimum Gasteiger partial charge on any atom is -0.495 e. The summed E-state index contributed by atoms with van der Waals surface area (Å²) in [7, 11) is 1.64. The van der Waals surface area contributed by atoms with Gasteiger partial charge in [-0.1, -0.05) is 37.1 Å². The SMILES string of the molecule is CCCCNc1nc(N)nc2c1CN(Cc1cccc(OC)c1Cl)CC2. The third-order valence-corrected chi connectivity index (χ3v) is 5.07. The molecule has 1 aromatic carbocycles. The minimum absolute atomic E-state index is 0.340. The van der Waals surface area contributed by atoms with E-state index in [0.717, 1.165) is 68.1 Å². The Labute approximate surface area is 159 Å². The first kappa shape index (κ1) is 18.7. The van der Waals surface area contributed by atoms with E-state index in [0.29, 0.717) is 16.7 Å². The van der Waals surface area contributed by atoms with Crippen molar-refractivity contribution in [2.45, 2.75) is 39.3 Å². The number of unbranched alkanes of at least 4 members (excludes halogenated alkanes) is 1. The Morgan fingerprint density at radius 2 is 2.19 bits per heavy atom. The molecule has 6 nitrogen and oxygen atoms in total. The third kappa shape index (κ3) is 4.19. The van der Waals surface area contributed by atoms with Gasteiger partial charge < -0.3 is 15.8 Å². The summed E-state index contributed by atoms with van der Waals surface area (Å²) in [6.45, 7) is 5.50. The van der Waals surface area contributed by atoms with E-state index in [4.69, 9.17) is 22.1 Å². The predicted octanol–water partition coefficient (Wildman–Crippen LogP) is 3.49. The summed E-state index contributed by atoms with van der Waals surface area (Å²) in [5.74, 6) is 1.91. The average Bonchev–Trinajstić information content (AvgIpc) is 2.64. The maximum absolute atomic E-state index is 6.46. The first-order valence-corrected chi connectivity index (χ1v) is 9.43. The van der Waals surface area contributed by atoms with Crippen LogP contribution in [0, 0.1) is 0 Å². The number of anilines is 2. The fourth-order valence-electron chi connectivity index (χ4n) is 3.23. The molecular formula is C19H26ClN5O. The van der Waals surface area contributed by atoms with Crippen LogP contribution in [-0.2, 0) is 19.5 Å². The van der Waals surface area contributed by atoms with Gasteiger partial charge in [0.05, 0.1) is 17.8 Å². The lowest BCUT2D eigenvalue weighted by atomic mass is 10.0. The van der Waals surface area contributed by atoms with Crippen molar-refractivity contribution in [3.63, 3.8) is 0 Å². The molecule has 0 fully saturated rings. The van der Waals surface area contributed by atoms with Crippen LogP contribution in [0.25, 0.3) is 0 Å². The van der Waals surface area contributed by atoms with Crippen LogP contribution in [0.4, 0.5) is 11.8 Å². The molecule has 1 aliphatic rings. The quantitative estimate of drug-likeness (QED) is 0.721. The molecule has 26 heavy (non-hydrogen) atoms. The number of hydrogen-bond acceptors (Lipinski definition) is 6. The number of fused-ring (bicyclic) bond motifs is 1. The highest BCUT2D eigenvalue weighted by atomic mass is 35.5. The first-order chi connectivity index (χ1) is 12.6. The lowest BCUT2D eigenvalue weighted by Crippen LogP contribution is -2.32. The summed E-state index contributed by atoms with van der Waals surface area (Å²) < 4.78 is 5.32. The van der Waals surface area contributed by atoms with Gasteiger partial charge in [0.1, 0.15) is 11.6 Å². The number of rotatable bonds is 7. The number of ether oxygens (including phenoxy) is 1. The minimum atomic E-state index is 0.340. The normalized spacial score (nSPS) is 14.1. The van der Waals surface area contributed by atoms with E-state index in [1.54, 1.807) is 7.11 Å². The lowest BCUT2D eigenvalue weighted by Gasteiger charge is -2.30. The van der Waals surface area contributed by atoms with Crippen LogP contribution < -0.4 is 15.8 Å². The number of nitrogens with one attached hydrogen (secondary N) is 1. The zero-order chi connectivity index (χ0) is 18.5. The maximum Gasteiger partial charge on any atom is 0.222 e. The van der Waals surface area contributed by atoms with E-state index >= 15 is 0 Å². The fraction of sp³-hybridized carbons (Fsp3) is 0.474. The van der Waals surface area contributed by atoms with Gasteiger partial charge in [-0.05, 0) is 18.1 Å². The Morgan fingerprint density at radius 3 is 2.96 bits per heavy atom. The van der Waals surface area contributed by atoms with E-state index < -0.39 is 0 Å². The van der Waals surface area contributed by atoms with Crippen molar-refractivity contribution < 1.29 is 4.74 Å². The highest BCUT2D eigenvalue weighted by molar-refractivity contribution is 6.32. The maximum atomic E-state index is 6.46. The Balaban J connectivity index is 1.78. The van der Waals surface area contributed by atoms with Gasteiger partial charge in [0, 0.05) is 38.2 Å². The summed E-state index contributed by atoms with van der Waals surface area (Å²) in [4.78, 5) is 11.2. The highest BCUT2D eigenvalue weighted by Crippen LogP contribution is 2.31. The van der Waals surface area contributed by atoms with Crippen LogP contribution >= 0.6 is 11.6 Å². The Bertz CT molecular complexity index is 768. The van der Waals surface area contributed by atoms with Gasteiger partial charge in [0.15, 0.2) is 0 Å². The molecule has 0 unspecified atom stereocenters. The van der Waals surface area contributed by atoms with Crippen LogP contribution in [0.15, 0.2) is 18.2 Å². The van der Waals surface area contributed by atoms with E-state index in [2.05, 4.69) is 27.1 Å². The van der Waals surface area contributed by atoms with Crippen LogP contribution in [0.3, 0.4) is 0 Å². The van der Waals surface area contributed by atoms with E-state index in [9.17, 15) is 0 Å². The second-order valence-electron chi connectivity index (χ2n) is 6.53. The van der Waals surface area contributed by atoms with Gasteiger partial charge in [-0.15, -0.1) is 0 Å². The lowest BCUT2D eigenvalue weighted by molar-refractivity contribution is 0.243. The second-order valence-corrected chi connectivity index (χ2v) is 6.91. The Morgan fingerprint density at radius 1 is 1.35 bits per heavy atom. The second kappa shape index (κ2) is 8.56. The Kier molecular flexibility index (Phi) is 6.16. The van der Waals surface area contributed by atoms with Crippen molar-refractivity contribution in [1.82, 2.24) is 14.9 Å². The van der Waals surface area contributed by atoms with Crippen molar-refractivity contribution in [3.05, 3.63) is 40.0 Å². The summed E-state index contributed by atoms with van der Waals surface area (Å²) in [6, 6.07) is 5.89. The summed E-state index contributed by atoms with van der Waals surface area (Å²) in [5.41, 5.74) is 9.14. The molecule has 0 amide bonds. The van der Waals surface area contributed by atoms with E-state index in [-0.39, 0.29) is 0 Å². The van der Waals surface area contributed by atoms with Gasteiger partial charge in [0.25, 0.3) is 0 Å². The number of nitrogens with two attached hydrogens (primary N) is 1. The number of nitrogens with zero attached hydrogens (tertiary/aromatic N) is 3. The van der Waals surface area contributed by atoms with Crippen molar-refractivity contribution in [3.8, 4) is 5.75 Å². The molecule has 0 saturated heterocycles. The zero-order valence-electron chi connectivity index (χ0n) is 15.4. The number of aromatic nitrogens is 2. The summed E-state index contributed by atoms with van der Waals surface area (Å²) in [6.07, 6.45) is 3.09. The first-order valence-electron chi connectivity index (χ1n) is 9.05. The molecule has 3 rings (SSSR count). The molecule has 3 N–H and O–H groups in total. The van der Waals surface area contributed by atoms with Crippen LogP contribution in [0.2, 0.25) is 5.02 Å². The molecule has 0 spiro atoms. The van der Waals surface area contributed by atoms with Crippen molar-refractivity contribution in [2.75, 3.05) is 31.2 Å². The van der Waals surface area contributed by atoms with Gasteiger partial charge >= 0.3 is 0 Å². The summed E-state index contributed by atoms with van der Waals surface area (Å²) >= 11 is 6.46. The van der Waals surface area contributed by atoms with E-state index in [1.165, 1.54) is 0 Å². The smallest absolute Gasteiger partial charge is 0.222 e. The standard InChI is InChI=1S/C19H26ClN5O/c1-3-4-9-22-18-14-12-25(10-8-15(14)23-19(21)24-18)11-13-6-5-7-16(26-2)17(13)20/h5-7H,3-4,8-12H2,1-2H3,(H3,21,22,23,24). The zero-order valence-corrected chi connectivity index (χ0v) is 16.1. The summed E-state index contributed by atoms with van der Waals surface area (Å²) in [5, 5.41) is 4.10. The van der Waals surface area contributed by atoms with Gasteiger partial charge in [0.2, 0.25) is 5.95 Å². The van der Waals surface area contributed by atoms with Crippen LogP contribution in [0.5, 0.6) is 5.75 Å².